The summed E-state index contributed by atoms with van der Waals surface area (Å²) in [6.07, 6.45) is -0.714. The molecule has 4 rings (SSSR count). The van der Waals surface area contributed by atoms with Gasteiger partial charge in [-0.15, -0.1) is 11.8 Å². The van der Waals surface area contributed by atoms with E-state index in [2.05, 4.69) is 11.9 Å². The molecule has 2 aromatic carbocycles. The number of ether oxygens (including phenoxy) is 1. The number of nitrogens with zero attached hydrogens (tertiary/aromatic N) is 1. The van der Waals surface area contributed by atoms with Gasteiger partial charge in [-0.05, 0) is 36.2 Å². The van der Waals surface area contributed by atoms with E-state index >= 15 is 0 Å². The molecule has 4 atom stereocenters. The van der Waals surface area contributed by atoms with Gasteiger partial charge in [-0.3, -0.25) is 9.59 Å². The lowest BCUT2D eigenvalue weighted by molar-refractivity contribution is -0.332. The number of nitrogens with one attached hydrogen (secondary N) is 1. The van der Waals surface area contributed by atoms with Crippen LogP contribution in [0.4, 0.5) is 0 Å². The van der Waals surface area contributed by atoms with Crippen molar-refractivity contribution in [1.82, 2.24) is 10.2 Å². The van der Waals surface area contributed by atoms with Crippen LogP contribution in [-0.2, 0) is 28.9 Å². The first kappa shape index (κ1) is 25.1. The van der Waals surface area contributed by atoms with E-state index in [1.54, 1.807) is 6.92 Å². The summed E-state index contributed by atoms with van der Waals surface area (Å²) in [5.41, 5.74) is 0.242. The Balaban J connectivity index is 1.66. The molecule has 2 amide bonds. The highest BCUT2D eigenvalue weighted by Crippen LogP contribution is 2.45. The first-order valence-electron chi connectivity index (χ1n) is 10.9. The van der Waals surface area contributed by atoms with E-state index < -0.39 is 41.0 Å². The number of amides is 2. The Hall–Kier alpha value is -3.01. The van der Waals surface area contributed by atoms with E-state index in [1.807, 2.05) is 60.7 Å². The Labute approximate surface area is 212 Å². The second-order valence-electron chi connectivity index (χ2n) is 8.50. The number of carbonyl (C=O) groups excluding carboxylic acids is 3. The number of halogens is 1. The van der Waals surface area contributed by atoms with Crippen molar-refractivity contribution < 1.29 is 28.9 Å². The number of hydrogen-bond acceptors (Lipinski definition) is 7. The van der Waals surface area contributed by atoms with E-state index in [4.69, 9.17) is 26.1 Å². The average Bonchev–Trinajstić information content (AvgIpc) is 2.85. The molecule has 0 saturated carbocycles. The molecule has 35 heavy (non-hydrogen) atoms. The average molecular weight is 517 g/mol. The maximum Gasteiger partial charge on any atom is 0.333 e. The zero-order valence-corrected chi connectivity index (χ0v) is 20.8. The van der Waals surface area contributed by atoms with Gasteiger partial charge in [-0.1, -0.05) is 60.7 Å². The Morgan fingerprint density at radius 3 is 2.23 bits per heavy atom. The molecule has 0 aromatic heterocycles. The Morgan fingerprint density at radius 1 is 1.14 bits per heavy atom. The predicted octanol–water partition coefficient (Wildman–Crippen LogP) is 3.52. The van der Waals surface area contributed by atoms with Crippen LogP contribution in [0.15, 0.2) is 72.5 Å². The molecule has 1 N–H and O–H groups in total. The minimum absolute atomic E-state index is 0.219. The zero-order valence-electron chi connectivity index (χ0n) is 19.2. The van der Waals surface area contributed by atoms with Crippen LogP contribution in [0.3, 0.4) is 0 Å². The van der Waals surface area contributed by atoms with Crippen LogP contribution in [-0.4, -0.2) is 51.5 Å². The van der Waals surface area contributed by atoms with Crippen molar-refractivity contribution in [2.75, 3.05) is 5.75 Å². The van der Waals surface area contributed by atoms with Gasteiger partial charge in [-0.25, -0.2) is 4.79 Å². The maximum absolute atomic E-state index is 13.8. The van der Waals surface area contributed by atoms with Gasteiger partial charge >= 0.3 is 5.97 Å². The molecule has 2 aromatic rings. The van der Waals surface area contributed by atoms with Crippen LogP contribution >= 0.6 is 23.4 Å². The minimum atomic E-state index is -1.30. The lowest BCUT2D eigenvalue weighted by Crippen LogP contribution is -2.79. The van der Waals surface area contributed by atoms with Gasteiger partial charge in [0, 0.05) is 12.7 Å². The highest BCUT2D eigenvalue weighted by Gasteiger charge is 2.63. The molecule has 0 spiro atoms. The fourth-order valence-electron chi connectivity index (χ4n) is 4.25. The van der Waals surface area contributed by atoms with Crippen LogP contribution in [0, 0.1) is 0 Å². The number of carbonyl (C=O) groups is 3. The highest BCUT2D eigenvalue weighted by atomic mass is 35.5. The summed E-state index contributed by atoms with van der Waals surface area (Å²) in [6.45, 7) is 6.42. The van der Waals surface area contributed by atoms with Crippen molar-refractivity contribution in [3.63, 3.8) is 0 Å². The number of esters is 1. The second-order valence-corrected chi connectivity index (χ2v) is 10.0. The fourth-order valence-corrected chi connectivity index (χ4v) is 5.75. The van der Waals surface area contributed by atoms with Crippen molar-refractivity contribution in [3.8, 4) is 0 Å². The van der Waals surface area contributed by atoms with E-state index in [0.29, 0.717) is 0 Å². The number of rotatable bonds is 8. The smallest absolute Gasteiger partial charge is 0.333 e. The topological polar surface area (TPSA) is 94.2 Å². The Bertz CT molecular complexity index is 1080. The second kappa shape index (κ2) is 10.3. The van der Waals surface area contributed by atoms with Gasteiger partial charge in [0.2, 0.25) is 17.0 Å². The minimum Gasteiger partial charge on any atom is -0.451 e. The van der Waals surface area contributed by atoms with Crippen LogP contribution in [0.2, 0.25) is 0 Å². The third kappa shape index (κ3) is 5.17. The first-order valence-corrected chi connectivity index (χ1v) is 12.4. The van der Waals surface area contributed by atoms with E-state index in [1.165, 1.54) is 23.6 Å². The number of fused-ring (bicyclic) bond motifs is 1. The van der Waals surface area contributed by atoms with Crippen molar-refractivity contribution in [2.45, 2.75) is 43.0 Å². The monoisotopic (exact) mass is 516 g/mol. The SMILES string of the molecule is C=C(Cl)OOC1(C)CSC2[C@H](NC(C)=O)C(=O)N2[C@H]1C(=O)OC(c1ccccc1)c1ccccc1. The zero-order chi connectivity index (χ0) is 25.2. The van der Waals surface area contributed by atoms with Crippen molar-refractivity contribution in [2.24, 2.45) is 0 Å². The molecule has 2 unspecified atom stereocenters. The molecule has 0 aliphatic carbocycles. The molecule has 10 heteroatoms. The van der Waals surface area contributed by atoms with Crippen LogP contribution in [0.5, 0.6) is 0 Å². The predicted molar refractivity (Wildman–Crippen MR) is 131 cm³/mol. The summed E-state index contributed by atoms with van der Waals surface area (Å²) < 4.78 is 6.06. The van der Waals surface area contributed by atoms with E-state index in [0.717, 1.165) is 11.1 Å². The molecule has 2 heterocycles. The molecule has 2 fully saturated rings. The van der Waals surface area contributed by atoms with Gasteiger partial charge in [0.15, 0.2) is 17.7 Å². The van der Waals surface area contributed by atoms with Gasteiger partial charge in [0.1, 0.15) is 11.4 Å². The highest BCUT2D eigenvalue weighted by molar-refractivity contribution is 8.00. The lowest BCUT2D eigenvalue weighted by atomic mass is 9.91. The maximum atomic E-state index is 13.8. The molecule has 8 nitrogen and oxygen atoms in total. The summed E-state index contributed by atoms with van der Waals surface area (Å²) >= 11 is 7.09. The summed E-state index contributed by atoms with van der Waals surface area (Å²) in [5.74, 6) is -1.14. The van der Waals surface area contributed by atoms with Gasteiger partial charge in [0.25, 0.3) is 0 Å². The van der Waals surface area contributed by atoms with E-state index in [-0.39, 0.29) is 16.9 Å². The Morgan fingerprint density at radius 2 is 1.71 bits per heavy atom. The van der Waals surface area contributed by atoms with Crippen molar-refractivity contribution >= 4 is 41.1 Å². The third-order valence-electron chi connectivity index (χ3n) is 5.82. The van der Waals surface area contributed by atoms with Crippen molar-refractivity contribution in [3.05, 3.63) is 83.6 Å². The number of β-lactam (4-membered cyclic amide) rings is 1. The van der Waals surface area contributed by atoms with Crippen LogP contribution in [0.1, 0.15) is 31.1 Å². The summed E-state index contributed by atoms with van der Waals surface area (Å²) in [4.78, 5) is 50.4. The molecule has 2 aliphatic rings. The van der Waals surface area contributed by atoms with Crippen molar-refractivity contribution in [1.29, 1.82) is 0 Å². The molecule has 2 aliphatic heterocycles. The summed E-state index contributed by atoms with van der Waals surface area (Å²) in [5, 5.41) is 1.98. The standard InChI is InChI=1S/C25H25ClN2O6S/c1-15(26)33-34-25(3)14-35-23-19(27-16(2)29)22(30)28(23)21(25)24(31)32-20(17-10-6-4-7-11-17)18-12-8-5-9-13-18/h4-13,19-21,23H,1,14H2,2-3H3,(H,27,29)/t19-,21+,23?,25?/m1/s1. The largest absolute Gasteiger partial charge is 0.451 e. The van der Waals surface area contributed by atoms with Crippen LogP contribution < -0.4 is 5.32 Å². The number of hydrogen-bond donors (Lipinski definition) is 1. The molecule has 0 radical (unpaired) electrons. The molecule has 2 saturated heterocycles. The molecular formula is C25H25ClN2O6S. The van der Waals surface area contributed by atoms with Gasteiger partial charge in [-0.2, -0.15) is 4.89 Å². The van der Waals surface area contributed by atoms with Crippen LogP contribution in [0.25, 0.3) is 0 Å². The molecule has 184 valence electrons. The normalized spacial score (nSPS) is 25.3. The quantitative estimate of drug-likeness (QED) is 0.188. The Kier molecular flexibility index (Phi) is 7.39. The van der Waals surface area contributed by atoms with Gasteiger partial charge < -0.3 is 19.8 Å². The summed E-state index contributed by atoms with van der Waals surface area (Å²) in [6, 6.07) is 16.7. The molecule has 0 bridgehead atoms. The van der Waals surface area contributed by atoms with E-state index in [9.17, 15) is 14.4 Å². The lowest BCUT2D eigenvalue weighted by Gasteiger charge is -2.56. The summed E-state index contributed by atoms with van der Waals surface area (Å²) in [7, 11) is 0. The number of benzene rings is 2. The van der Waals surface area contributed by atoms with Gasteiger partial charge in [0.05, 0.1) is 0 Å². The fraction of sp³-hybridized carbons (Fsp3) is 0.320. The first-order chi connectivity index (χ1) is 16.7. The molecular weight excluding hydrogens is 492 g/mol. The number of thioether (sulfide) groups is 1. The third-order valence-corrected chi connectivity index (χ3v) is 7.46.